The summed E-state index contributed by atoms with van der Waals surface area (Å²) >= 11 is 0. The van der Waals surface area contributed by atoms with Crippen molar-refractivity contribution in [2.75, 3.05) is 0 Å². The number of carbonyl (C=O) groups excluding carboxylic acids is 2. The van der Waals surface area contributed by atoms with Crippen LogP contribution in [0.1, 0.15) is 17.3 Å². The standard InChI is InChI=1S/C6H6N2O.C3H6.CH3NO.Ti.Zr/c7-6(9)5-2-1-3-8-4-5;1-3-2;2-1-3;;/h1-4H,(H2,7,9);3H,1H2,2H3;1H,(H2,2,3);;. The van der Waals surface area contributed by atoms with E-state index >= 15 is 0 Å². The molecule has 0 radical (unpaired) electrons. The fraction of sp³-hybridized carbons (Fsp3) is 0.100. The van der Waals surface area contributed by atoms with Gasteiger partial charge in [-0.3, -0.25) is 14.6 Å². The third kappa shape index (κ3) is 21.3. The third-order valence-corrected chi connectivity index (χ3v) is 0.946. The zero-order chi connectivity index (χ0) is 12.1. The maximum absolute atomic E-state index is 10.4. The van der Waals surface area contributed by atoms with Gasteiger partial charge in [-0.1, -0.05) is 6.08 Å². The number of hydrogen-bond donors (Lipinski definition) is 2. The smallest absolute Gasteiger partial charge is 0.250 e. The molecule has 0 fully saturated rings. The molecule has 0 aliphatic carbocycles. The van der Waals surface area contributed by atoms with E-state index in [0.717, 1.165) is 0 Å². The summed E-state index contributed by atoms with van der Waals surface area (Å²) in [7, 11) is 0. The van der Waals surface area contributed by atoms with E-state index in [1.165, 1.54) is 6.20 Å². The number of nitrogens with zero attached hydrogens (tertiary/aromatic N) is 1. The fourth-order valence-electron chi connectivity index (χ4n) is 0.509. The number of pyridine rings is 1. The number of aromatic nitrogens is 1. The number of primary amides is 2. The quantitative estimate of drug-likeness (QED) is 0.438. The predicted molar refractivity (Wildman–Crippen MR) is 58.9 cm³/mol. The monoisotopic (exact) mass is 347 g/mol. The predicted octanol–water partition coefficient (Wildman–Crippen LogP) is 0.469. The molecule has 17 heavy (non-hydrogen) atoms. The van der Waals surface area contributed by atoms with Crippen molar-refractivity contribution in [3.05, 3.63) is 42.7 Å². The molecule has 0 atom stereocenters. The van der Waals surface area contributed by atoms with E-state index in [9.17, 15) is 4.79 Å². The molecule has 5 nitrogen and oxygen atoms in total. The second-order valence-corrected chi connectivity index (χ2v) is 2.15. The van der Waals surface area contributed by atoms with Crippen LogP contribution in [0.4, 0.5) is 0 Å². The summed E-state index contributed by atoms with van der Waals surface area (Å²) in [4.78, 5) is 22.7. The first-order chi connectivity index (χ1) is 7.13. The molecule has 0 aliphatic heterocycles. The Bertz CT molecular complexity index is 291. The Morgan fingerprint density at radius 1 is 1.53 bits per heavy atom. The molecule has 90 valence electrons. The summed E-state index contributed by atoms with van der Waals surface area (Å²) in [5, 5.41) is 0. The van der Waals surface area contributed by atoms with Crippen LogP contribution >= 0.6 is 0 Å². The van der Waals surface area contributed by atoms with Crippen LogP contribution in [0, 0.1) is 0 Å². The van der Waals surface area contributed by atoms with Crippen LogP contribution in [-0.2, 0) is 52.7 Å². The van der Waals surface area contributed by atoms with Gasteiger partial charge in [0.1, 0.15) is 0 Å². The van der Waals surface area contributed by atoms with Crippen LogP contribution < -0.4 is 11.5 Å². The van der Waals surface area contributed by atoms with Crippen LogP contribution in [0.5, 0.6) is 0 Å². The minimum Gasteiger partial charge on any atom is -0.372 e. The average Bonchev–Trinajstić information content (AvgIpc) is 2.21. The van der Waals surface area contributed by atoms with E-state index in [1.54, 1.807) is 24.4 Å². The summed E-state index contributed by atoms with van der Waals surface area (Å²) in [6, 6.07) is 3.29. The van der Waals surface area contributed by atoms with Crippen molar-refractivity contribution < 1.29 is 57.5 Å². The minimum atomic E-state index is -0.442. The Balaban J connectivity index is -0.0000000917. The van der Waals surface area contributed by atoms with Crippen molar-refractivity contribution in [3.8, 4) is 0 Å². The first kappa shape index (κ1) is 25.3. The van der Waals surface area contributed by atoms with Crippen molar-refractivity contribution >= 4 is 12.3 Å². The van der Waals surface area contributed by atoms with Crippen molar-refractivity contribution in [1.29, 1.82) is 0 Å². The number of rotatable bonds is 1. The van der Waals surface area contributed by atoms with Crippen LogP contribution in [0.25, 0.3) is 0 Å². The van der Waals surface area contributed by atoms with Crippen LogP contribution in [-0.4, -0.2) is 17.3 Å². The molecule has 7 heteroatoms. The van der Waals surface area contributed by atoms with Gasteiger partial charge in [0, 0.05) is 60.3 Å². The SMILES string of the molecule is C=CC.NC(=O)c1cccnc1.NC=O.[Ti].[Zr]. The van der Waals surface area contributed by atoms with E-state index in [2.05, 4.69) is 17.3 Å². The maximum atomic E-state index is 10.4. The molecular formula is C10H15N3O2TiZr. The normalized spacial score (nSPS) is 6.18. The number of hydrogen-bond acceptors (Lipinski definition) is 3. The maximum Gasteiger partial charge on any atom is 0.250 e. The van der Waals surface area contributed by atoms with Gasteiger partial charge in [0.05, 0.1) is 5.56 Å². The number of carbonyl (C=O) groups is 2. The first-order valence-corrected chi connectivity index (χ1v) is 4.06. The molecule has 1 aromatic rings. The van der Waals surface area contributed by atoms with Gasteiger partial charge in [-0.05, 0) is 19.1 Å². The summed E-state index contributed by atoms with van der Waals surface area (Å²) in [5.41, 5.74) is 9.54. The molecule has 4 N–H and O–H groups in total. The average molecular weight is 348 g/mol. The van der Waals surface area contributed by atoms with Gasteiger partial charge in [-0.25, -0.2) is 0 Å². The zero-order valence-electron chi connectivity index (χ0n) is 9.59. The van der Waals surface area contributed by atoms with Crippen molar-refractivity contribution in [3.63, 3.8) is 0 Å². The van der Waals surface area contributed by atoms with E-state index in [4.69, 9.17) is 10.5 Å². The summed E-state index contributed by atoms with van der Waals surface area (Å²) < 4.78 is 0. The summed E-state index contributed by atoms with van der Waals surface area (Å²) in [6.45, 7) is 5.25. The molecule has 0 spiro atoms. The topological polar surface area (TPSA) is 99.1 Å². The van der Waals surface area contributed by atoms with Gasteiger partial charge in [0.15, 0.2) is 0 Å². The van der Waals surface area contributed by atoms with Crippen molar-refractivity contribution in [1.82, 2.24) is 4.98 Å². The van der Waals surface area contributed by atoms with E-state index in [-0.39, 0.29) is 54.3 Å². The van der Waals surface area contributed by atoms with Gasteiger partial charge in [0.25, 0.3) is 0 Å². The van der Waals surface area contributed by atoms with Gasteiger partial charge in [0.2, 0.25) is 12.3 Å². The minimum absolute atomic E-state index is 0. The van der Waals surface area contributed by atoms with Crippen LogP contribution in [0.2, 0.25) is 0 Å². The molecule has 2 amide bonds. The fourth-order valence-corrected chi connectivity index (χ4v) is 0.509. The van der Waals surface area contributed by atoms with Crippen LogP contribution in [0.3, 0.4) is 0 Å². The van der Waals surface area contributed by atoms with Gasteiger partial charge < -0.3 is 11.5 Å². The molecule has 1 aromatic heterocycles. The van der Waals surface area contributed by atoms with Gasteiger partial charge in [-0.2, -0.15) is 0 Å². The van der Waals surface area contributed by atoms with Crippen LogP contribution in [0.15, 0.2) is 37.2 Å². The molecule has 0 aliphatic rings. The molecule has 0 saturated heterocycles. The third-order valence-electron chi connectivity index (χ3n) is 0.946. The molecule has 1 heterocycles. The second-order valence-electron chi connectivity index (χ2n) is 2.15. The Morgan fingerprint density at radius 3 is 2.12 bits per heavy atom. The number of allylic oxidation sites excluding steroid dienone is 1. The van der Waals surface area contributed by atoms with Gasteiger partial charge >= 0.3 is 0 Å². The van der Waals surface area contributed by atoms with E-state index in [1.807, 2.05) is 6.92 Å². The molecule has 0 aromatic carbocycles. The Kier molecular flexibility index (Phi) is 31.0. The Morgan fingerprint density at radius 2 is 1.94 bits per heavy atom. The van der Waals surface area contributed by atoms with E-state index in [0.29, 0.717) is 5.56 Å². The summed E-state index contributed by atoms with van der Waals surface area (Å²) in [6.07, 6.45) is 5.02. The van der Waals surface area contributed by atoms with Gasteiger partial charge in [-0.15, -0.1) is 6.58 Å². The van der Waals surface area contributed by atoms with Crippen molar-refractivity contribution in [2.45, 2.75) is 6.92 Å². The molecular weight excluding hydrogens is 333 g/mol. The summed E-state index contributed by atoms with van der Waals surface area (Å²) in [5.74, 6) is -0.442. The Labute approximate surface area is 135 Å². The zero-order valence-corrected chi connectivity index (χ0v) is 13.6. The first-order valence-electron chi connectivity index (χ1n) is 4.06. The Hall–Kier alpha value is -0.573. The van der Waals surface area contributed by atoms with Crippen molar-refractivity contribution in [2.24, 2.45) is 11.5 Å². The number of nitrogens with two attached hydrogens (primary N) is 2. The molecule has 0 saturated carbocycles. The molecule has 0 bridgehead atoms. The second kappa shape index (κ2) is 20.8. The molecule has 0 unspecified atom stereocenters. The molecule has 1 rings (SSSR count). The number of amides is 2. The van der Waals surface area contributed by atoms with E-state index < -0.39 is 5.91 Å². The largest absolute Gasteiger partial charge is 0.372 e.